The van der Waals surface area contributed by atoms with Gasteiger partial charge in [0.25, 0.3) is 0 Å². The van der Waals surface area contributed by atoms with Crippen molar-refractivity contribution in [2.45, 2.75) is 71.2 Å². The molecule has 3 heterocycles. The molecule has 0 bridgehead atoms. The van der Waals surface area contributed by atoms with Gasteiger partial charge in [-0.3, -0.25) is 0 Å². The van der Waals surface area contributed by atoms with Crippen LogP contribution in [0.1, 0.15) is 33.4 Å². The topological polar surface area (TPSA) is 0 Å². The predicted molar refractivity (Wildman–Crippen MR) is 143 cm³/mol. The number of rotatable bonds is 4. The summed E-state index contributed by atoms with van der Waals surface area (Å²) in [6.07, 6.45) is 0. The quantitative estimate of drug-likeness (QED) is 0.322. The molecule has 0 aliphatic heterocycles. The summed E-state index contributed by atoms with van der Waals surface area (Å²) in [6, 6.07) is 0. The van der Waals surface area contributed by atoms with Gasteiger partial charge in [-0.25, -0.2) is 0 Å². The van der Waals surface area contributed by atoms with Crippen LogP contribution in [0.25, 0.3) is 17.7 Å². The standard InChI is InChI=1S/C18H18Se3.6CH3.2Sn/c1-9-7-19-15(11(9)3)17-13(5)14(6)18(21-17)16-12(4)10(2)8-20-16;;;;;;;;/h1-6H3;6*1H3;;. The van der Waals surface area contributed by atoms with Gasteiger partial charge in [0.05, 0.1) is 0 Å². The number of hydrogen-bond donors (Lipinski definition) is 0. The van der Waals surface area contributed by atoms with E-state index in [2.05, 4.69) is 71.2 Å². The first-order valence-corrected chi connectivity index (χ1v) is 35.6. The molecule has 29 heavy (non-hydrogen) atoms. The van der Waals surface area contributed by atoms with E-state index in [-0.39, 0.29) is 0 Å². The Morgan fingerprint density at radius 1 is 0.379 bits per heavy atom. The van der Waals surface area contributed by atoms with Gasteiger partial charge in [0.15, 0.2) is 0 Å². The van der Waals surface area contributed by atoms with Gasteiger partial charge in [0.1, 0.15) is 0 Å². The molecule has 0 spiro atoms. The first-order valence-electron chi connectivity index (χ1n) is 10.5. The van der Waals surface area contributed by atoms with E-state index < -0.39 is 36.8 Å². The zero-order chi connectivity index (χ0) is 22.0. The van der Waals surface area contributed by atoms with Crippen LogP contribution >= 0.6 is 0 Å². The molecule has 0 aliphatic carbocycles. The van der Waals surface area contributed by atoms with E-state index in [1.807, 2.05) is 4.91 Å². The average molecular weight is 799 g/mol. The molecule has 0 atom stereocenters. The maximum absolute atomic E-state index is 2.60. The molecule has 0 radical (unpaired) electrons. The summed E-state index contributed by atoms with van der Waals surface area (Å²) in [7, 11) is 0. The minimum absolute atomic E-state index is 0.497. The molecule has 5 heteroatoms. The normalized spacial score (nSPS) is 12.8. The predicted octanol–water partition coefficient (Wildman–Crippen LogP) is 5.13. The summed E-state index contributed by atoms with van der Waals surface area (Å²) in [5.74, 6) is 0. The van der Waals surface area contributed by atoms with Crippen molar-refractivity contribution in [2.75, 3.05) is 0 Å². The Hall–Kier alpha value is 1.60. The van der Waals surface area contributed by atoms with E-state index in [1.165, 1.54) is 0 Å². The molecule has 0 aromatic carbocycles. The van der Waals surface area contributed by atoms with Gasteiger partial charge in [-0.05, 0) is 0 Å². The third-order valence-electron chi connectivity index (χ3n) is 6.12. The summed E-state index contributed by atoms with van der Waals surface area (Å²) < 4.78 is 10.9. The van der Waals surface area contributed by atoms with Crippen molar-refractivity contribution in [2.24, 2.45) is 0 Å². The van der Waals surface area contributed by atoms with E-state index in [0.29, 0.717) is 43.5 Å². The Morgan fingerprint density at radius 3 is 0.862 bits per heavy atom. The SMILES string of the molecule is Cc1c(-c2[se][c]([Sn]([CH3])([CH3])[CH3])c(C)c2C)[se]c(-c2[se][c]([Sn]([CH3])([CH3])[CH3])c(C)c2C)c1C. The van der Waals surface area contributed by atoms with Gasteiger partial charge in [-0.2, -0.15) is 0 Å². The third kappa shape index (κ3) is 4.65. The van der Waals surface area contributed by atoms with Gasteiger partial charge < -0.3 is 0 Å². The molecule has 0 aliphatic rings. The molecule has 0 fully saturated rings. The monoisotopic (exact) mass is 804 g/mol. The summed E-state index contributed by atoms with van der Waals surface area (Å²) in [4.78, 5) is 15.6. The van der Waals surface area contributed by atoms with E-state index >= 15 is 0 Å². The second kappa shape index (κ2) is 8.75. The minimum atomic E-state index is -2.00. The van der Waals surface area contributed by atoms with E-state index in [1.54, 1.807) is 51.1 Å². The third-order valence-corrected chi connectivity index (χ3v) is 45.7. The van der Waals surface area contributed by atoms with Crippen molar-refractivity contribution in [1.82, 2.24) is 0 Å². The van der Waals surface area contributed by atoms with Crippen molar-refractivity contribution in [1.29, 1.82) is 0 Å². The van der Waals surface area contributed by atoms with Crippen LogP contribution in [-0.2, 0) is 0 Å². The Bertz CT molecular complexity index is 995. The molecule has 158 valence electrons. The van der Waals surface area contributed by atoms with Crippen molar-refractivity contribution in [3.05, 3.63) is 33.4 Å². The first kappa shape index (κ1) is 25.2. The van der Waals surface area contributed by atoms with E-state index in [4.69, 9.17) is 0 Å². The molecule has 0 N–H and O–H groups in total. The van der Waals surface area contributed by atoms with Crippen LogP contribution in [0.4, 0.5) is 0 Å². The van der Waals surface area contributed by atoms with Crippen LogP contribution in [-0.4, -0.2) is 80.3 Å². The van der Waals surface area contributed by atoms with Gasteiger partial charge in [0, 0.05) is 0 Å². The summed E-state index contributed by atoms with van der Waals surface area (Å²) >= 11 is -2.33. The Morgan fingerprint density at radius 2 is 0.621 bits per heavy atom. The average Bonchev–Trinajstić information content (AvgIpc) is 3.16. The van der Waals surface area contributed by atoms with Gasteiger partial charge >= 0.3 is 207 Å². The van der Waals surface area contributed by atoms with Gasteiger partial charge in [-0.15, -0.1) is 0 Å². The molecule has 0 amide bonds. The zero-order valence-electron chi connectivity index (χ0n) is 20.2. The summed E-state index contributed by atoms with van der Waals surface area (Å²) in [6.45, 7) is 14.5. The second-order valence-electron chi connectivity index (χ2n) is 10.5. The Labute approximate surface area is 204 Å². The summed E-state index contributed by atoms with van der Waals surface area (Å²) in [5.41, 5.74) is 9.87. The van der Waals surface area contributed by atoms with Gasteiger partial charge in [0.2, 0.25) is 0 Å². The van der Waals surface area contributed by atoms with Gasteiger partial charge in [-0.1, -0.05) is 0 Å². The fraction of sp³-hybridized carbons (Fsp3) is 0.500. The molecular formula is C24H36Se3Sn2. The second-order valence-corrected chi connectivity index (χ2v) is 50.1. The molecule has 3 aromatic heterocycles. The van der Waals surface area contributed by atoms with Crippen LogP contribution in [0.2, 0.25) is 29.6 Å². The fourth-order valence-electron chi connectivity index (χ4n) is 4.09. The van der Waals surface area contributed by atoms with E-state index in [0.717, 1.165) is 0 Å². The van der Waals surface area contributed by atoms with Crippen molar-refractivity contribution >= 4 is 85.2 Å². The maximum atomic E-state index is 2.60. The van der Waals surface area contributed by atoms with Crippen LogP contribution in [0.5, 0.6) is 0 Å². The number of hydrogen-bond acceptors (Lipinski definition) is 0. The van der Waals surface area contributed by atoms with Crippen LogP contribution in [0.15, 0.2) is 0 Å². The Kier molecular flexibility index (Phi) is 7.61. The van der Waals surface area contributed by atoms with Crippen molar-refractivity contribution in [3.63, 3.8) is 0 Å². The van der Waals surface area contributed by atoms with E-state index in [9.17, 15) is 0 Å². The van der Waals surface area contributed by atoms with Crippen LogP contribution in [0, 0.1) is 41.5 Å². The molecule has 0 saturated heterocycles. The van der Waals surface area contributed by atoms with Crippen molar-refractivity contribution < 1.29 is 0 Å². The molecule has 0 nitrogen and oxygen atoms in total. The van der Waals surface area contributed by atoms with Crippen molar-refractivity contribution in [3.8, 4) is 17.7 Å². The zero-order valence-corrected chi connectivity index (χ0v) is 31.1. The molecule has 3 aromatic rings. The first-order chi connectivity index (χ1) is 13.2. The van der Waals surface area contributed by atoms with Crippen LogP contribution < -0.4 is 4.91 Å². The molecule has 0 saturated carbocycles. The molecular weight excluding hydrogens is 763 g/mol. The fourth-order valence-corrected chi connectivity index (χ4v) is 34.0. The summed E-state index contributed by atoms with van der Waals surface area (Å²) in [5, 5.41) is 0. The Balaban J connectivity index is 2.22. The van der Waals surface area contributed by atoms with Crippen LogP contribution in [0.3, 0.4) is 0 Å². The molecule has 0 unspecified atom stereocenters. The molecule has 3 rings (SSSR count).